The van der Waals surface area contributed by atoms with Crippen molar-refractivity contribution in [2.75, 3.05) is 0 Å². The molecule has 0 atom stereocenters. The predicted molar refractivity (Wildman–Crippen MR) is 64.7 cm³/mol. The average Bonchev–Trinajstić information content (AvgIpc) is 2.82. The van der Waals surface area contributed by atoms with Crippen molar-refractivity contribution in [1.29, 1.82) is 0 Å². The monoisotopic (exact) mass is 265 g/mol. The van der Waals surface area contributed by atoms with Gasteiger partial charge in [-0.15, -0.1) is 0 Å². The summed E-state index contributed by atoms with van der Waals surface area (Å²) < 4.78 is 27.1. The van der Waals surface area contributed by atoms with Crippen LogP contribution >= 0.6 is 0 Å². The number of hydrogen-bond acceptors (Lipinski definition) is 5. The summed E-state index contributed by atoms with van der Waals surface area (Å²) in [6, 6.07) is 9.40. The van der Waals surface area contributed by atoms with E-state index in [-0.39, 0.29) is 4.90 Å². The van der Waals surface area contributed by atoms with Crippen LogP contribution in [0.15, 0.2) is 62.2 Å². The van der Waals surface area contributed by atoms with Crippen LogP contribution in [-0.2, 0) is 16.6 Å². The standard InChI is InChI=1S/C11H11N3O3S/c12-18(15,16)11-5-3-9(4-6-11)14-13-8-10-2-1-7-17-10/h1-7H,8H2,(H2,12,15,16). The summed E-state index contributed by atoms with van der Waals surface area (Å²) >= 11 is 0. The Morgan fingerprint density at radius 3 is 2.44 bits per heavy atom. The maximum atomic E-state index is 11.0. The fourth-order valence-electron chi connectivity index (χ4n) is 1.29. The van der Waals surface area contributed by atoms with Gasteiger partial charge in [-0.25, -0.2) is 13.6 Å². The van der Waals surface area contributed by atoms with Gasteiger partial charge in [0.1, 0.15) is 12.3 Å². The molecule has 2 aromatic rings. The Bertz CT molecular complexity index is 631. The third-order valence-electron chi connectivity index (χ3n) is 2.16. The number of azo groups is 1. The summed E-state index contributed by atoms with van der Waals surface area (Å²) in [5.74, 6) is 0.708. The predicted octanol–water partition coefficient (Wildman–Crippen LogP) is 2.21. The van der Waals surface area contributed by atoms with Crippen molar-refractivity contribution >= 4 is 15.7 Å². The zero-order valence-electron chi connectivity index (χ0n) is 9.35. The summed E-state index contributed by atoms with van der Waals surface area (Å²) in [7, 11) is -3.66. The number of benzene rings is 1. The van der Waals surface area contributed by atoms with Crippen LogP contribution in [0.5, 0.6) is 0 Å². The van der Waals surface area contributed by atoms with Crippen molar-refractivity contribution in [3.63, 3.8) is 0 Å². The van der Waals surface area contributed by atoms with Crippen LogP contribution in [0.3, 0.4) is 0 Å². The van der Waals surface area contributed by atoms with E-state index >= 15 is 0 Å². The first kappa shape index (κ1) is 12.5. The van der Waals surface area contributed by atoms with Crippen LogP contribution in [0.25, 0.3) is 0 Å². The SMILES string of the molecule is NS(=O)(=O)c1ccc(N=NCc2ccco2)cc1. The molecule has 0 amide bonds. The lowest BCUT2D eigenvalue weighted by molar-refractivity contribution is 0.509. The van der Waals surface area contributed by atoms with Crippen LogP contribution < -0.4 is 5.14 Å². The van der Waals surface area contributed by atoms with Gasteiger partial charge >= 0.3 is 0 Å². The molecule has 18 heavy (non-hydrogen) atoms. The first-order valence-corrected chi connectivity index (χ1v) is 6.63. The molecule has 0 radical (unpaired) electrons. The molecule has 1 heterocycles. The van der Waals surface area contributed by atoms with Crippen molar-refractivity contribution in [1.82, 2.24) is 0 Å². The molecule has 7 heteroatoms. The molecule has 0 saturated carbocycles. The van der Waals surface area contributed by atoms with E-state index in [1.54, 1.807) is 18.4 Å². The van der Waals surface area contributed by atoms with Crippen molar-refractivity contribution in [3.8, 4) is 0 Å². The van der Waals surface area contributed by atoms with Gasteiger partial charge in [-0.3, -0.25) is 0 Å². The molecule has 0 aliphatic heterocycles. The van der Waals surface area contributed by atoms with Crippen molar-refractivity contribution in [3.05, 3.63) is 48.4 Å². The second-order valence-corrected chi connectivity index (χ2v) is 5.08. The van der Waals surface area contributed by atoms with E-state index in [0.717, 1.165) is 0 Å². The van der Waals surface area contributed by atoms with Gasteiger partial charge in [-0.2, -0.15) is 10.2 Å². The molecule has 0 unspecified atom stereocenters. The maximum Gasteiger partial charge on any atom is 0.238 e. The number of hydrogen-bond donors (Lipinski definition) is 1. The molecule has 2 N–H and O–H groups in total. The van der Waals surface area contributed by atoms with Gasteiger partial charge in [-0.1, -0.05) is 0 Å². The molecule has 0 fully saturated rings. The highest BCUT2D eigenvalue weighted by Gasteiger charge is 2.06. The number of sulfonamides is 1. The van der Waals surface area contributed by atoms with E-state index in [1.165, 1.54) is 24.3 Å². The molecule has 0 saturated heterocycles. The van der Waals surface area contributed by atoms with Gasteiger partial charge < -0.3 is 4.42 Å². The largest absolute Gasteiger partial charge is 0.467 e. The van der Waals surface area contributed by atoms with Crippen LogP contribution in [0.2, 0.25) is 0 Å². The number of nitrogens with zero attached hydrogens (tertiary/aromatic N) is 2. The Kier molecular flexibility index (Phi) is 3.54. The minimum Gasteiger partial charge on any atom is -0.467 e. The first-order valence-electron chi connectivity index (χ1n) is 5.08. The Morgan fingerprint density at radius 2 is 1.89 bits per heavy atom. The van der Waals surface area contributed by atoms with Crippen LogP contribution in [0.4, 0.5) is 5.69 Å². The third-order valence-corrected chi connectivity index (χ3v) is 3.09. The van der Waals surface area contributed by atoms with Gasteiger partial charge in [-0.05, 0) is 36.4 Å². The van der Waals surface area contributed by atoms with Gasteiger partial charge in [0.25, 0.3) is 0 Å². The van der Waals surface area contributed by atoms with Gasteiger partial charge in [0.05, 0.1) is 16.8 Å². The second kappa shape index (κ2) is 5.11. The lowest BCUT2D eigenvalue weighted by atomic mass is 10.3. The number of primary sulfonamides is 1. The zero-order valence-corrected chi connectivity index (χ0v) is 10.2. The highest BCUT2D eigenvalue weighted by molar-refractivity contribution is 7.89. The van der Waals surface area contributed by atoms with E-state index < -0.39 is 10.0 Å². The van der Waals surface area contributed by atoms with Crippen LogP contribution in [0, 0.1) is 0 Å². The quantitative estimate of drug-likeness (QED) is 0.858. The molecular weight excluding hydrogens is 254 g/mol. The maximum absolute atomic E-state index is 11.0. The van der Waals surface area contributed by atoms with E-state index in [1.807, 2.05) is 0 Å². The average molecular weight is 265 g/mol. The highest BCUT2D eigenvalue weighted by atomic mass is 32.2. The molecule has 0 spiro atoms. The number of rotatable bonds is 4. The molecule has 0 aliphatic carbocycles. The molecule has 6 nitrogen and oxygen atoms in total. The lowest BCUT2D eigenvalue weighted by Crippen LogP contribution is -2.11. The van der Waals surface area contributed by atoms with E-state index in [4.69, 9.17) is 9.56 Å². The molecule has 2 rings (SSSR count). The number of furan rings is 1. The Hall–Kier alpha value is -1.99. The summed E-state index contributed by atoms with van der Waals surface area (Å²) in [4.78, 5) is 0.0486. The fourth-order valence-corrected chi connectivity index (χ4v) is 1.81. The first-order chi connectivity index (χ1) is 8.55. The minimum atomic E-state index is -3.66. The molecular formula is C11H11N3O3S. The van der Waals surface area contributed by atoms with Crippen molar-refractivity contribution in [2.24, 2.45) is 15.4 Å². The van der Waals surface area contributed by atoms with Crippen molar-refractivity contribution < 1.29 is 12.8 Å². The molecule has 94 valence electrons. The molecule has 1 aromatic heterocycles. The normalized spacial score (nSPS) is 12.1. The van der Waals surface area contributed by atoms with Gasteiger partial charge in [0, 0.05) is 0 Å². The third kappa shape index (κ3) is 3.25. The second-order valence-electron chi connectivity index (χ2n) is 3.52. The fraction of sp³-hybridized carbons (Fsp3) is 0.0909. The lowest BCUT2D eigenvalue weighted by Gasteiger charge is -1.97. The summed E-state index contributed by atoms with van der Waals surface area (Å²) in [6.07, 6.45) is 1.56. The smallest absolute Gasteiger partial charge is 0.238 e. The number of nitrogens with two attached hydrogens (primary N) is 1. The highest BCUT2D eigenvalue weighted by Crippen LogP contribution is 2.16. The van der Waals surface area contributed by atoms with E-state index in [9.17, 15) is 8.42 Å². The summed E-state index contributed by atoms with van der Waals surface area (Å²) in [5.41, 5.74) is 0.550. The van der Waals surface area contributed by atoms with E-state index in [0.29, 0.717) is 18.0 Å². The zero-order chi connectivity index (χ0) is 13.0. The molecule has 0 bridgehead atoms. The molecule has 1 aromatic carbocycles. The Labute approximate surface area is 104 Å². The Balaban J connectivity index is 2.04. The summed E-state index contributed by atoms with van der Waals surface area (Å²) in [5, 5.41) is 12.8. The van der Waals surface area contributed by atoms with Crippen LogP contribution in [0.1, 0.15) is 5.76 Å². The minimum absolute atomic E-state index is 0.0486. The summed E-state index contributed by atoms with van der Waals surface area (Å²) in [6.45, 7) is 0.337. The van der Waals surface area contributed by atoms with E-state index in [2.05, 4.69) is 10.2 Å². The van der Waals surface area contributed by atoms with Crippen molar-refractivity contribution in [2.45, 2.75) is 11.4 Å². The topological polar surface area (TPSA) is 98.0 Å². The Morgan fingerprint density at radius 1 is 1.17 bits per heavy atom. The van der Waals surface area contributed by atoms with Crippen LogP contribution in [-0.4, -0.2) is 8.42 Å². The van der Waals surface area contributed by atoms with Gasteiger partial charge in [0.15, 0.2) is 0 Å². The molecule has 0 aliphatic rings. The van der Waals surface area contributed by atoms with Gasteiger partial charge in [0.2, 0.25) is 10.0 Å².